The summed E-state index contributed by atoms with van der Waals surface area (Å²) in [6, 6.07) is 7.29. The quantitative estimate of drug-likeness (QED) is 0.801. The summed E-state index contributed by atoms with van der Waals surface area (Å²) >= 11 is 0. The maximum absolute atomic E-state index is 12.1. The van der Waals surface area contributed by atoms with Crippen LogP contribution in [0.15, 0.2) is 24.3 Å². The van der Waals surface area contributed by atoms with Crippen molar-refractivity contribution in [1.82, 2.24) is 5.32 Å². The number of benzene rings is 1. The number of amides is 2. The molecular formula is C14H19N3O3. The molecule has 0 aromatic heterocycles. The minimum atomic E-state index is -0.334. The van der Waals surface area contributed by atoms with Gasteiger partial charge in [0.1, 0.15) is 5.75 Å². The molecule has 0 saturated carbocycles. The first kappa shape index (κ1) is 14.3. The van der Waals surface area contributed by atoms with Crippen LogP contribution in [0.2, 0.25) is 0 Å². The molecular weight excluding hydrogens is 258 g/mol. The average molecular weight is 277 g/mol. The van der Waals surface area contributed by atoms with Gasteiger partial charge >= 0.3 is 0 Å². The Morgan fingerprint density at radius 3 is 2.95 bits per heavy atom. The van der Waals surface area contributed by atoms with Crippen molar-refractivity contribution in [3.63, 3.8) is 0 Å². The van der Waals surface area contributed by atoms with Gasteiger partial charge in [-0.15, -0.1) is 0 Å². The van der Waals surface area contributed by atoms with Crippen LogP contribution in [0.1, 0.15) is 6.42 Å². The zero-order valence-electron chi connectivity index (χ0n) is 11.5. The summed E-state index contributed by atoms with van der Waals surface area (Å²) in [5.41, 5.74) is 6.05. The first-order valence-electron chi connectivity index (χ1n) is 6.58. The van der Waals surface area contributed by atoms with E-state index < -0.39 is 0 Å². The third kappa shape index (κ3) is 2.91. The van der Waals surface area contributed by atoms with Crippen molar-refractivity contribution in [2.24, 2.45) is 11.7 Å². The number of carbonyl (C=O) groups excluding carboxylic acids is 2. The van der Waals surface area contributed by atoms with Crippen LogP contribution in [0.4, 0.5) is 5.69 Å². The molecule has 6 heteroatoms. The van der Waals surface area contributed by atoms with Gasteiger partial charge in [-0.2, -0.15) is 0 Å². The van der Waals surface area contributed by atoms with Crippen LogP contribution in [0.5, 0.6) is 5.75 Å². The minimum absolute atomic E-state index is 0.0672. The molecule has 1 aliphatic heterocycles. The van der Waals surface area contributed by atoms with Gasteiger partial charge in [0.05, 0.1) is 18.7 Å². The number of ether oxygens (including phenoxy) is 1. The van der Waals surface area contributed by atoms with Crippen molar-refractivity contribution >= 4 is 17.5 Å². The highest BCUT2D eigenvalue weighted by Crippen LogP contribution is 2.32. The molecule has 20 heavy (non-hydrogen) atoms. The Bertz CT molecular complexity index is 504. The van der Waals surface area contributed by atoms with Crippen LogP contribution < -0.4 is 20.7 Å². The predicted molar refractivity (Wildman–Crippen MR) is 75.5 cm³/mol. The van der Waals surface area contributed by atoms with Crippen LogP contribution in [0.25, 0.3) is 0 Å². The number of hydrogen-bond acceptors (Lipinski definition) is 4. The number of para-hydroxylation sites is 2. The van der Waals surface area contributed by atoms with Crippen molar-refractivity contribution in [2.75, 3.05) is 31.6 Å². The number of anilines is 1. The number of nitrogens with one attached hydrogen (secondary N) is 1. The van der Waals surface area contributed by atoms with Gasteiger partial charge in [-0.3, -0.25) is 9.59 Å². The summed E-state index contributed by atoms with van der Waals surface area (Å²) in [4.78, 5) is 25.6. The van der Waals surface area contributed by atoms with Crippen molar-refractivity contribution in [2.45, 2.75) is 6.42 Å². The fourth-order valence-electron chi connectivity index (χ4n) is 2.31. The van der Waals surface area contributed by atoms with Crippen LogP contribution in [-0.2, 0) is 9.59 Å². The molecule has 0 bridgehead atoms. The first-order chi connectivity index (χ1) is 9.67. The Labute approximate surface area is 117 Å². The Morgan fingerprint density at radius 1 is 1.50 bits per heavy atom. The number of carbonyl (C=O) groups is 2. The zero-order valence-corrected chi connectivity index (χ0v) is 11.5. The number of nitrogens with zero attached hydrogens (tertiary/aromatic N) is 1. The Kier molecular flexibility index (Phi) is 4.57. The van der Waals surface area contributed by atoms with Crippen molar-refractivity contribution < 1.29 is 14.3 Å². The van der Waals surface area contributed by atoms with Crippen LogP contribution in [-0.4, -0.2) is 38.6 Å². The maximum atomic E-state index is 12.1. The standard InChI is InChI=1S/C14H19N3O3/c1-20-12-5-3-2-4-11(12)17-9-10(8-13(17)18)14(19)16-7-6-15/h2-5,10H,6-9,15H2,1H3,(H,16,19). The molecule has 0 radical (unpaired) electrons. The van der Waals surface area contributed by atoms with Gasteiger partial charge in [-0.1, -0.05) is 12.1 Å². The second kappa shape index (κ2) is 6.38. The molecule has 0 spiro atoms. The van der Waals surface area contributed by atoms with E-state index in [0.29, 0.717) is 31.1 Å². The fourth-order valence-corrected chi connectivity index (χ4v) is 2.31. The lowest BCUT2D eigenvalue weighted by molar-refractivity contribution is -0.126. The van der Waals surface area contributed by atoms with Crippen molar-refractivity contribution in [3.8, 4) is 5.75 Å². The second-order valence-electron chi connectivity index (χ2n) is 4.66. The van der Waals surface area contributed by atoms with Gasteiger partial charge in [0.15, 0.2) is 0 Å². The highest BCUT2D eigenvalue weighted by atomic mass is 16.5. The molecule has 1 heterocycles. The largest absolute Gasteiger partial charge is 0.495 e. The number of rotatable bonds is 5. The maximum Gasteiger partial charge on any atom is 0.227 e. The van der Waals surface area contributed by atoms with E-state index in [4.69, 9.17) is 10.5 Å². The van der Waals surface area contributed by atoms with E-state index in [2.05, 4.69) is 5.32 Å². The Balaban J connectivity index is 2.11. The molecule has 2 rings (SSSR count). The molecule has 1 fully saturated rings. The molecule has 3 N–H and O–H groups in total. The molecule has 1 aliphatic rings. The van der Waals surface area contributed by atoms with E-state index in [1.807, 2.05) is 18.2 Å². The average Bonchev–Trinajstić information content (AvgIpc) is 2.86. The van der Waals surface area contributed by atoms with Crippen LogP contribution >= 0.6 is 0 Å². The molecule has 1 unspecified atom stereocenters. The van der Waals surface area contributed by atoms with Crippen molar-refractivity contribution in [1.29, 1.82) is 0 Å². The monoisotopic (exact) mass is 277 g/mol. The highest BCUT2D eigenvalue weighted by molar-refractivity contribution is 6.01. The summed E-state index contributed by atoms with van der Waals surface area (Å²) in [6.07, 6.45) is 0.217. The lowest BCUT2D eigenvalue weighted by atomic mass is 10.1. The molecule has 1 atom stereocenters. The zero-order chi connectivity index (χ0) is 14.5. The lowest BCUT2D eigenvalue weighted by Crippen LogP contribution is -2.35. The van der Waals surface area contributed by atoms with Gasteiger partial charge in [0.25, 0.3) is 0 Å². The summed E-state index contributed by atoms with van der Waals surface area (Å²) < 4.78 is 5.26. The molecule has 0 aliphatic carbocycles. The molecule has 108 valence electrons. The van der Waals surface area contributed by atoms with E-state index in [-0.39, 0.29) is 24.2 Å². The summed E-state index contributed by atoms with van der Waals surface area (Å²) in [5, 5.41) is 2.72. The number of hydrogen-bond donors (Lipinski definition) is 2. The van der Waals surface area contributed by atoms with E-state index in [9.17, 15) is 9.59 Å². The van der Waals surface area contributed by atoms with Crippen molar-refractivity contribution in [3.05, 3.63) is 24.3 Å². The summed E-state index contributed by atoms with van der Waals surface area (Å²) in [6.45, 7) is 1.19. The van der Waals surface area contributed by atoms with E-state index in [0.717, 1.165) is 0 Å². The highest BCUT2D eigenvalue weighted by Gasteiger charge is 2.35. The molecule has 1 aromatic rings. The minimum Gasteiger partial charge on any atom is -0.495 e. The topological polar surface area (TPSA) is 84.7 Å². The smallest absolute Gasteiger partial charge is 0.227 e. The van der Waals surface area contributed by atoms with Gasteiger partial charge in [-0.05, 0) is 12.1 Å². The van der Waals surface area contributed by atoms with Crippen LogP contribution in [0.3, 0.4) is 0 Å². The Morgan fingerprint density at radius 2 is 2.25 bits per heavy atom. The molecule has 2 amide bonds. The van der Waals surface area contributed by atoms with Crippen LogP contribution in [0, 0.1) is 5.92 Å². The first-order valence-corrected chi connectivity index (χ1v) is 6.58. The second-order valence-corrected chi connectivity index (χ2v) is 4.66. The molecule has 6 nitrogen and oxygen atoms in total. The Hall–Kier alpha value is -2.08. The summed E-state index contributed by atoms with van der Waals surface area (Å²) in [7, 11) is 1.56. The van der Waals surface area contributed by atoms with E-state index in [1.54, 1.807) is 18.1 Å². The third-order valence-corrected chi connectivity index (χ3v) is 3.32. The molecule has 1 saturated heterocycles. The van der Waals surface area contributed by atoms with Gasteiger partial charge in [-0.25, -0.2) is 0 Å². The van der Waals surface area contributed by atoms with Gasteiger partial charge in [0, 0.05) is 26.1 Å². The van der Waals surface area contributed by atoms with E-state index >= 15 is 0 Å². The van der Waals surface area contributed by atoms with Gasteiger partial charge in [0.2, 0.25) is 11.8 Å². The molecule has 1 aromatic carbocycles. The predicted octanol–water partition coefficient (Wildman–Crippen LogP) is 0.123. The fraction of sp³-hybridized carbons (Fsp3) is 0.429. The van der Waals surface area contributed by atoms with E-state index in [1.165, 1.54) is 0 Å². The van der Waals surface area contributed by atoms with Gasteiger partial charge < -0.3 is 20.7 Å². The normalized spacial score (nSPS) is 18.2. The lowest BCUT2D eigenvalue weighted by Gasteiger charge is -2.19. The third-order valence-electron chi connectivity index (χ3n) is 3.32. The number of methoxy groups -OCH3 is 1. The number of nitrogens with two attached hydrogens (primary N) is 1. The summed E-state index contributed by atoms with van der Waals surface area (Å²) in [5.74, 6) is 0.103. The SMILES string of the molecule is COc1ccccc1N1CC(C(=O)NCCN)CC1=O.